The molecule has 0 aliphatic rings. The van der Waals surface area contributed by atoms with Crippen LogP contribution in [0.5, 0.6) is 0 Å². The van der Waals surface area contributed by atoms with E-state index in [2.05, 4.69) is 34.3 Å². The lowest BCUT2D eigenvalue weighted by atomic mass is 10.1. The summed E-state index contributed by atoms with van der Waals surface area (Å²) >= 11 is 0. The lowest BCUT2D eigenvalue weighted by Crippen LogP contribution is -2.31. The summed E-state index contributed by atoms with van der Waals surface area (Å²) in [6.07, 6.45) is 0. The maximum Gasteiger partial charge on any atom is 0.243 e. The maximum atomic E-state index is 5.15. The number of methoxy groups -OCH3 is 1. The number of hydrogen-bond donors (Lipinski definition) is 1. The van der Waals surface area contributed by atoms with E-state index in [-0.39, 0.29) is 6.04 Å². The molecule has 5 nitrogen and oxygen atoms in total. The molecule has 0 amide bonds. The number of hydrogen-bond acceptors (Lipinski definition) is 5. The highest BCUT2D eigenvalue weighted by molar-refractivity contribution is 5.26. The first kappa shape index (κ1) is 12.8. The minimum Gasteiger partial charge on any atom is -0.383 e. The van der Waals surface area contributed by atoms with Crippen LogP contribution in [0.25, 0.3) is 0 Å². The molecule has 1 aromatic heterocycles. The van der Waals surface area contributed by atoms with E-state index in [1.165, 1.54) is 0 Å². The fourth-order valence-corrected chi connectivity index (χ4v) is 1.26. The molecular weight excluding hydrogens is 204 g/mol. The summed E-state index contributed by atoms with van der Waals surface area (Å²) in [5, 5.41) is 11.3. The molecule has 90 valence electrons. The van der Waals surface area contributed by atoms with Crippen molar-refractivity contribution in [1.29, 1.82) is 0 Å². The number of nitrogens with zero attached hydrogens (tertiary/aromatic N) is 3. The van der Waals surface area contributed by atoms with Gasteiger partial charge in [-0.25, -0.2) is 4.98 Å². The molecule has 0 saturated heterocycles. The van der Waals surface area contributed by atoms with Gasteiger partial charge in [0.25, 0.3) is 0 Å². The van der Waals surface area contributed by atoms with Gasteiger partial charge in [-0.05, 0) is 19.8 Å². The van der Waals surface area contributed by atoms with Gasteiger partial charge in [-0.2, -0.15) is 5.10 Å². The molecule has 1 heterocycles. The zero-order chi connectivity index (χ0) is 12.1. The van der Waals surface area contributed by atoms with Gasteiger partial charge in [-0.1, -0.05) is 13.8 Å². The zero-order valence-electron chi connectivity index (χ0n) is 10.6. The van der Waals surface area contributed by atoms with Gasteiger partial charge in [0, 0.05) is 7.11 Å². The Bertz CT molecular complexity index is 341. The Hall–Kier alpha value is -1.23. The van der Waals surface area contributed by atoms with Crippen molar-refractivity contribution in [3.8, 4) is 0 Å². The Labute approximate surface area is 96.6 Å². The molecule has 0 aromatic carbocycles. The van der Waals surface area contributed by atoms with Crippen molar-refractivity contribution in [3.05, 3.63) is 11.4 Å². The van der Waals surface area contributed by atoms with Crippen molar-refractivity contribution in [2.24, 2.45) is 5.92 Å². The summed E-state index contributed by atoms with van der Waals surface area (Å²) < 4.78 is 5.15. The smallest absolute Gasteiger partial charge is 0.243 e. The summed E-state index contributed by atoms with van der Waals surface area (Å²) in [6, 6.07) is 0.203. The Morgan fingerprint density at radius 2 is 1.88 bits per heavy atom. The average Bonchev–Trinajstić information content (AvgIpc) is 2.22. The molecular formula is C11H20N4O. The van der Waals surface area contributed by atoms with Crippen LogP contribution in [-0.4, -0.2) is 34.9 Å². The third kappa shape index (κ3) is 3.41. The predicted molar refractivity (Wildman–Crippen MR) is 63.4 cm³/mol. The van der Waals surface area contributed by atoms with E-state index in [4.69, 9.17) is 4.74 Å². The van der Waals surface area contributed by atoms with Gasteiger partial charge in [0.05, 0.1) is 24.0 Å². The second-order valence-electron chi connectivity index (χ2n) is 4.26. The fraction of sp³-hybridized carbons (Fsp3) is 0.727. The van der Waals surface area contributed by atoms with Gasteiger partial charge in [0.15, 0.2) is 0 Å². The van der Waals surface area contributed by atoms with Gasteiger partial charge >= 0.3 is 0 Å². The molecule has 16 heavy (non-hydrogen) atoms. The Balaban J connectivity index is 2.73. The molecule has 0 spiro atoms. The molecule has 0 radical (unpaired) electrons. The van der Waals surface area contributed by atoms with Crippen LogP contribution in [0, 0.1) is 19.8 Å². The lowest BCUT2D eigenvalue weighted by molar-refractivity contribution is 0.171. The first-order chi connectivity index (χ1) is 7.54. The van der Waals surface area contributed by atoms with Crippen LogP contribution < -0.4 is 5.32 Å². The molecule has 1 N–H and O–H groups in total. The van der Waals surface area contributed by atoms with Gasteiger partial charge in [0.2, 0.25) is 5.95 Å². The molecule has 0 aliphatic carbocycles. The van der Waals surface area contributed by atoms with Crippen molar-refractivity contribution < 1.29 is 4.74 Å². The number of nitrogens with one attached hydrogen (secondary N) is 1. The second-order valence-corrected chi connectivity index (χ2v) is 4.26. The van der Waals surface area contributed by atoms with Gasteiger partial charge in [0.1, 0.15) is 0 Å². The predicted octanol–water partition coefficient (Wildman–Crippen LogP) is 1.57. The molecule has 1 rings (SSSR count). The lowest BCUT2D eigenvalue weighted by Gasteiger charge is -2.21. The summed E-state index contributed by atoms with van der Waals surface area (Å²) in [4.78, 5) is 4.34. The highest BCUT2D eigenvalue weighted by Gasteiger charge is 2.14. The summed E-state index contributed by atoms with van der Waals surface area (Å²) in [5.74, 6) is 1.02. The molecule has 0 saturated carbocycles. The SMILES string of the molecule is COCC(Nc1nnc(C)c(C)n1)C(C)C. The van der Waals surface area contributed by atoms with E-state index in [1.54, 1.807) is 7.11 Å². The molecule has 0 aliphatic heterocycles. The zero-order valence-corrected chi connectivity index (χ0v) is 10.6. The van der Waals surface area contributed by atoms with Crippen LogP contribution in [0.2, 0.25) is 0 Å². The summed E-state index contributed by atoms with van der Waals surface area (Å²) in [7, 11) is 1.69. The van der Waals surface area contributed by atoms with E-state index in [0.29, 0.717) is 18.5 Å². The Kier molecular flexibility index (Phi) is 4.61. The first-order valence-electron chi connectivity index (χ1n) is 5.48. The fourth-order valence-electron chi connectivity index (χ4n) is 1.26. The normalized spacial score (nSPS) is 12.9. The monoisotopic (exact) mass is 224 g/mol. The largest absolute Gasteiger partial charge is 0.383 e. The third-order valence-electron chi connectivity index (χ3n) is 2.56. The van der Waals surface area contributed by atoms with Crippen molar-refractivity contribution in [2.45, 2.75) is 33.7 Å². The van der Waals surface area contributed by atoms with Crippen LogP contribution in [0.3, 0.4) is 0 Å². The van der Waals surface area contributed by atoms with Crippen LogP contribution in [0.15, 0.2) is 0 Å². The minimum atomic E-state index is 0.203. The number of aryl methyl sites for hydroxylation is 2. The van der Waals surface area contributed by atoms with Gasteiger partial charge in [-0.15, -0.1) is 5.10 Å². The maximum absolute atomic E-state index is 5.15. The van der Waals surface area contributed by atoms with Crippen molar-refractivity contribution >= 4 is 5.95 Å². The van der Waals surface area contributed by atoms with E-state index in [9.17, 15) is 0 Å². The highest BCUT2D eigenvalue weighted by Crippen LogP contribution is 2.09. The Morgan fingerprint density at radius 1 is 1.19 bits per heavy atom. The van der Waals surface area contributed by atoms with E-state index < -0.39 is 0 Å². The standard InChI is InChI=1S/C11H20N4O/c1-7(2)10(6-16-5)13-11-12-8(3)9(4)14-15-11/h7,10H,6H2,1-5H3,(H,12,13,15). The van der Waals surface area contributed by atoms with Crippen LogP contribution in [-0.2, 0) is 4.74 Å². The van der Waals surface area contributed by atoms with Crippen molar-refractivity contribution in [1.82, 2.24) is 15.2 Å². The molecule has 1 unspecified atom stereocenters. The van der Waals surface area contributed by atoms with Crippen molar-refractivity contribution in [2.75, 3.05) is 19.0 Å². The van der Waals surface area contributed by atoms with Gasteiger partial charge in [-0.3, -0.25) is 0 Å². The number of rotatable bonds is 5. The number of aromatic nitrogens is 3. The molecule has 0 fully saturated rings. The molecule has 5 heteroatoms. The number of ether oxygens (including phenoxy) is 1. The van der Waals surface area contributed by atoms with Crippen molar-refractivity contribution in [3.63, 3.8) is 0 Å². The summed E-state index contributed by atoms with van der Waals surface area (Å²) in [5.41, 5.74) is 1.76. The molecule has 1 atom stereocenters. The molecule has 0 bridgehead atoms. The number of anilines is 1. The van der Waals surface area contributed by atoms with Gasteiger partial charge < -0.3 is 10.1 Å². The highest BCUT2D eigenvalue weighted by atomic mass is 16.5. The van der Waals surface area contributed by atoms with E-state index >= 15 is 0 Å². The van der Waals surface area contributed by atoms with Crippen LogP contribution >= 0.6 is 0 Å². The topological polar surface area (TPSA) is 59.9 Å². The summed E-state index contributed by atoms with van der Waals surface area (Å²) in [6.45, 7) is 8.72. The average molecular weight is 224 g/mol. The molecule has 1 aromatic rings. The minimum absolute atomic E-state index is 0.203. The van der Waals surface area contributed by atoms with E-state index in [0.717, 1.165) is 11.4 Å². The quantitative estimate of drug-likeness (QED) is 0.822. The third-order valence-corrected chi connectivity index (χ3v) is 2.56. The van der Waals surface area contributed by atoms with Crippen LogP contribution in [0.1, 0.15) is 25.2 Å². The Morgan fingerprint density at radius 3 is 2.38 bits per heavy atom. The van der Waals surface area contributed by atoms with Crippen LogP contribution in [0.4, 0.5) is 5.95 Å². The first-order valence-corrected chi connectivity index (χ1v) is 5.48. The second kappa shape index (κ2) is 5.75. The van der Waals surface area contributed by atoms with E-state index in [1.807, 2.05) is 13.8 Å².